The van der Waals surface area contributed by atoms with Crippen molar-refractivity contribution in [3.8, 4) is 11.4 Å². The molecule has 0 unspecified atom stereocenters. The van der Waals surface area contributed by atoms with Gasteiger partial charge in [0.15, 0.2) is 0 Å². The Hall–Kier alpha value is -0.321. The third-order valence-electron chi connectivity index (χ3n) is 1.59. The second-order valence-corrected chi connectivity index (χ2v) is 6.74. The minimum Gasteiger partial charge on any atom is -0.255 e. The number of halogens is 2. The maximum atomic E-state index is 4.93. The molecule has 0 aliphatic carbocycles. The van der Waals surface area contributed by atoms with Crippen LogP contribution in [0.3, 0.4) is 0 Å². The van der Waals surface area contributed by atoms with Gasteiger partial charge in [0.25, 0.3) is 0 Å². The van der Waals surface area contributed by atoms with E-state index < -0.39 is 18.9 Å². The van der Waals surface area contributed by atoms with Crippen molar-refractivity contribution in [1.82, 2.24) is 9.97 Å². The molecule has 0 N–H and O–H groups in total. The van der Waals surface area contributed by atoms with Crippen LogP contribution >= 0.6 is 17.8 Å². The molecule has 0 aliphatic heterocycles. The third kappa shape index (κ3) is 4.82. The first-order valence-corrected chi connectivity index (χ1v) is 11.4. The zero-order chi connectivity index (χ0) is 10.9. The van der Waals surface area contributed by atoms with Crippen molar-refractivity contribution in [3.05, 3.63) is 48.8 Å². The van der Waals surface area contributed by atoms with E-state index >= 15 is 0 Å². The molecule has 0 aromatic carbocycles. The fourth-order valence-corrected chi connectivity index (χ4v) is 1.03. The molecule has 0 amide bonds. The fourth-order valence-electron chi connectivity index (χ4n) is 1.03. The van der Waals surface area contributed by atoms with E-state index in [0.717, 1.165) is 11.4 Å². The molecule has 2 rings (SSSR count). The number of pyridine rings is 2. The van der Waals surface area contributed by atoms with E-state index in [-0.39, 0.29) is 0 Å². The molecule has 0 saturated carbocycles. The summed E-state index contributed by atoms with van der Waals surface area (Å²) in [6, 6.07) is 11.6. The van der Waals surface area contributed by atoms with Gasteiger partial charge < -0.3 is 0 Å². The SMILES string of the molecule is [Cl][Sn][Cl].c1ccc(-c2ccccn2)nc1. The number of aromatic nitrogens is 2. The van der Waals surface area contributed by atoms with Crippen LogP contribution in [0, 0.1) is 0 Å². The van der Waals surface area contributed by atoms with E-state index in [4.69, 9.17) is 17.8 Å². The summed E-state index contributed by atoms with van der Waals surface area (Å²) in [6.45, 7) is 0. The number of rotatable bonds is 1. The van der Waals surface area contributed by atoms with E-state index in [2.05, 4.69) is 9.97 Å². The normalized spacial score (nSPS) is 8.93. The summed E-state index contributed by atoms with van der Waals surface area (Å²) >= 11 is -0.826. The molecule has 0 atom stereocenters. The molecule has 76 valence electrons. The van der Waals surface area contributed by atoms with Crippen molar-refractivity contribution in [2.24, 2.45) is 0 Å². The first kappa shape index (κ1) is 12.7. The van der Waals surface area contributed by atoms with Gasteiger partial charge in [-0.15, -0.1) is 0 Å². The molecule has 0 fully saturated rings. The van der Waals surface area contributed by atoms with Crippen LogP contribution in [0.5, 0.6) is 0 Å². The predicted octanol–water partition coefficient (Wildman–Crippen LogP) is 3.14. The van der Waals surface area contributed by atoms with E-state index in [9.17, 15) is 0 Å². The standard InChI is InChI=1S/C10H8N2.2ClH.Sn/c1-3-7-11-9(5-1)10-6-2-4-8-12-10;;;/h1-8H;2*1H;/q;;;+2/p-2. The molecule has 15 heavy (non-hydrogen) atoms. The molecular formula is C10H8Cl2N2Sn. The summed E-state index contributed by atoms with van der Waals surface area (Å²) in [5.41, 5.74) is 1.83. The number of nitrogens with zero attached hydrogens (tertiary/aromatic N) is 2. The molecule has 0 aliphatic rings. The van der Waals surface area contributed by atoms with Crippen LogP contribution in [0.25, 0.3) is 11.4 Å². The van der Waals surface area contributed by atoms with Crippen LogP contribution in [0.1, 0.15) is 0 Å². The smallest absolute Gasteiger partial charge is 0.0886 e. The molecule has 0 saturated heterocycles. The minimum absolute atomic E-state index is 0.826. The predicted molar refractivity (Wildman–Crippen MR) is 64.9 cm³/mol. The van der Waals surface area contributed by atoms with Crippen LogP contribution in [-0.4, -0.2) is 28.9 Å². The van der Waals surface area contributed by atoms with E-state index in [1.54, 1.807) is 12.4 Å². The maximum absolute atomic E-state index is 4.93. The van der Waals surface area contributed by atoms with Crippen molar-refractivity contribution < 1.29 is 0 Å². The van der Waals surface area contributed by atoms with Gasteiger partial charge >= 0.3 is 36.7 Å². The Morgan fingerprint density at radius 2 is 1.20 bits per heavy atom. The molecule has 2 aromatic rings. The van der Waals surface area contributed by atoms with Gasteiger partial charge in [0.2, 0.25) is 0 Å². The molecule has 2 nitrogen and oxygen atoms in total. The average Bonchev–Trinajstić information content (AvgIpc) is 2.32. The first-order valence-electron chi connectivity index (χ1n) is 4.17. The van der Waals surface area contributed by atoms with E-state index in [0.29, 0.717) is 0 Å². The molecule has 0 bridgehead atoms. The Bertz CT molecular complexity index is 332. The van der Waals surface area contributed by atoms with Crippen molar-refractivity contribution in [1.29, 1.82) is 0 Å². The summed E-state index contributed by atoms with van der Waals surface area (Å²) in [5, 5.41) is 0. The molecule has 2 heterocycles. The Kier molecular flexibility index (Phi) is 6.72. The Morgan fingerprint density at radius 1 is 0.800 bits per heavy atom. The summed E-state index contributed by atoms with van der Waals surface area (Å²) in [4.78, 5) is 8.37. The van der Waals surface area contributed by atoms with Crippen LogP contribution in [0.4, 0.5) is 0 Å². The fraction of sp³-hybridized carbons (Fsp3) is 0. The van der Waals surface area contributed by atoms with Crippen molar-refractivity contribution in [2.45, 2.75) is 0 Å². The van der Waals surface area contributed by atoms with Gasteiger partial charge in [0, 0.05) is 12.4 Å². The molecule has 0 spiro atoms. The third-order valence-corrected chi connectivity index (χ3v) is 1.59. The van der Waals surface area contributed by atoms with Gasteiger partial charge in [-0.1, -0.05) is 12.1 Å². The van der Waals surface area contributed by atoms with Gasteiger partial charge in [0.05, 0.1) is 11.4 Å². The zero-order valence-corrected chi connectivity index (χ0v) is 12.1. The van der Waals surface area contributed by atoms with Crippen LogP contribution in [0.15, 0.2) is 48.8 Å². The largest absolute Gasteiger partial charge is 0.255 e. The second kappa shape index (κ2) is 7.90. The maximum Gasteiger partial charge on any atom is 0.0886 e. The van der Waals surface area contributed by atoms with Gasteiger partial charge in [-0.05, 0) is 24.3 Å². The van der Waals surface area contributed by atoms with Crippen LogP contribution in [0.2, 0.25) is 0 Å². The van der Waals surface area contributed by atoms with Gasteiger partial charge in [0.1, 0.15) is 0 Å². The Morgan fingerprint density at radius 3 is 1.47 bits per heavy atom. The van der Waals surface area contributed by atoms with Crippen LogP contribution < -0.4 is 0 Å². The van der Waals surface area contributed by atoms with Crippen molar-refractivity contribution in [3.63, 3.8) is 0 Å². The Labute approximate surface area is 106 Å². The van der Waals surface area contributed by atoms with Gasteiger partial charge in [-0.25, -0.2) is 0 Å². The van der Waals surface area contributed by atoms with Gasteiger partial charge in [-0.3, -0.25) is 9.97 Å². The van der Waals surface area contributed by atoms with E-state index in [1.807, 2.05) is 36.4 Å². The zero-order valence-electron chi connectivity index (χ0n) is 7.77. The molecule has 5 heteroatoms. The molecule has 2 radical (unpaired) electrons. The quantitative estimate of drug-likeness (QED) is 0.742. The van der Waals surface area contributed by atoms with Crippen molar-refractivity contribution in [2.75, 3.05) is 0 Å². The number of hydrogen-bond donors (Lipinski definition) is 0. The monoisotopic (exact) mass is 346 g/mol. The Balaban J connectivity index is 0.000000337. The first-order chi connectivity index (χ1) is 7.38. The van der Waals surface area contributed by atoms with Crippen LogP contribution in [-0.2, 0) is 0 Å². The van der Waals surface area contributed by atoms with Crippen molar-refractivity contribution >= 4 is 36.7 Å². The number of hydrogen-bond acceptors (Lipinski definition) is 2. The second-order valence-electron chi connectivity index (χ2n) is 2.50. The minimum atomic E-state index is -0.826. The summed E-state index contributed by atoms with van der Waals surface area (Å²) in [7, 11) is 9.87. The van der Waals surface area contributed by atoms with E-state index in [1.165, 1.54) is 0 Å². The summed E-state index contributed by atoms with van der Waals surface area (Å²) in [6.07, 6.45) is 3.54. The molecule has 2 aromatic heterocycles. The summed E-state index contributed by atoms with van der Waals surface area (Å²) < 4.78 is 0. The topological polar surface area (TPSA) is 25.8 Å². The average molecular weight is 346 g/mol. The van der Waals surface area contributed by atoms with Gasteiger partial charge in [-0.2, -0.15) is 0 Å². The molecular weight excluding hydrogens is 338 g/mol. The summed E-state index contributed by atoms with van der Waals surface area (Å²) in [5.74, 6) is 0.